The topological polar surface area (TPSA) is 101 Å². The van der Waals surface area contributed by atoms with Crippen LogP contribution >= 0.6 is 0 Å². The van der Waals surface area contributed by atoms with E-state index in [1.165, 1.54) is 17.2 Å². The number of aromatic nitrogens is 2. The largest absolute Gasteiger partial charge is 0.384 e. The highest BCUT2D eigenvalue weighted by Gasteiger charge is 2.28. The number of nitrogen functional groups attached to an aromatic ring is 1. The molecule has 160 valence electrons. The Morgan fingerprint density at radius 1 is 1.19 bits per heavy atom. The van der Waals surface area contributed by atoms with Crippen LogP contribution in [-0.4, -0.2) is 20.1 Å². The number of pyridine rings is 2. The second-order valence-electron chi connectivity index (χ2n) is 7.37. The zero-order valence-electron chi connectivity index (χ0n) is 16.8. The van der Waals surface area contributed by atoms with E-state index in [1.807, 2.05) is 12.1 Å². The smallest absolute Gasteiger partial charge is 0.260 e. The summed E-state index contributed by atoms with van der Waals surface area (Å²) in [7, 11) is -1.45. The van der Waals surface area contributed by atoms with Gasteiger partial charge < -0.3 is 10.6 Å². The van der Waals surface area contributed by atoms with Crippen molar-refractivity contribution in [2.24, 2.45) is 0 Å². The highest BCUT2D eigenvalue weighted by molar-refractivity contribution is 7.83. The molecule has 32 heavy (non-hydrogen) atoms. The first-order valence-corrected chi connectivity index (χ1v) is 11.0. The monoisotopic (exact) mass is 447 g/mol. The van der Waals surface area contributed by atoms with Crippen molar-refractivity contribution in [3.05, 3.63) is 89.5 Å². The summed E-state index contributed by atoms with van der Waals surface area (Å²) in [6.07, 6.45) is 3.05. The summed E-state index contributed by atoms with van der Waals surface area (Å²) in [6.45, 7) is 0.489. The van der Waals surface area contributed by atoms with Crippen molar-refractivity contribution in [3.63, 3.8) is 0 Å². The van der Waals surface area contributed by atoms with E-state index >= 15 is 0 Å². The highest BCUT2D eigenvalue weighted by atomic mass is 32.2. The lowest BCUT2D eigenvalue weighted by Gasteiger charge is -2.25. The summed E-state index contributed by atoms with van der Waals surface area (Å²) in [5.74, 6) is -0.515. The normalized spacial score (nSPS) is 15.0. The number of carbonyl (C=O) groups is 1. The van der Waals surface area contributed by atoms with Crippen LogP contribution in [0.2, 0.25) is 0 Å². The van der Waals surface area contributed by atoms with Gasteiger partial charge in [-0.15, -0.1) is 0 Å². The molecule has 0 bridgehead atoms. The fraction of sp³-hybridized carbons (Fsp3) is 0.0870. The van der Waals surface area contributed by atoms with Crippen LogP contribution in [0.3, 0.4) is 0 Å². The van der Waals surface area contributed by atoms with E-state index in [-0.39, 0.29) is 18.3 Å². The molecule has 3 N–H and O–H groups in total. The van der Waals surface area contributed by atoms with Crippen LogP contribution in [0.1, 0.15) is 21.5 Å². The molecule has 0 radical (unpaired) electrons. The third-order valence-electron chi connectivity index (χ3n) is 5.28. The minimum atomic E-state index is -1.45. The Hall–Kier alpha value is -3.69. The van der Waals surface area contributed by atoms with Crippen LogP contribution in [0.15, 0.2) is 71.9 Å². The molecule has 2 aromatic heterocycles. The number of hydrogen-bond acceptors (Lipinski definition) is 5. The van der Waals surface area contributed by atoms with Crippen molar-refractivity contribution in [2.75, 3.05) is 10.6 Å². The van der Waals surface area contributed by atoms with Crippen LogP contribution < -0.4 is 15.4 Å². The standard InChI is InChI=1S/C23H18FN5O2S/c24-18-9-14(10-19-17(18)6-7-21(25)28-19)13-29(23(30)16-4-2-8-26-11-16)20-5-1-3-15-12-27-32(31)22(15)20/h1-11,27H,12-13H2,(H2,25,28). The maximum Gasteiger partial charge on any atom is 0.260 e. The van der Waals surface area contributed by atoms with Gasteiger partial charge in [-0.3, -0.25) is 9.78 Å². The highest BCUT2D eigenvalue weighted by Crippen LogP contribution is 2.33. The Kier molecular flexibility index (Phi) is 5.12. The molecule has 0 aliphatic carbocycles. The van der Waals surface area contributed by atoms with E-state index in [1.54, 1.807) is 42.6 Å². The zero-order valence-corrected chi connectivity index (χ0v) is 17.6. The summed E-state index contributed by atoms with van der Waals surface area (Å²) >= 11 is 0. The summed E-state index contributed by atoms with van der Waals surface area (Å²) in [6, 6.07) is 14.9. The van der Waals surface area contributed by atoms with Gasteiger partial charge in [-0.2, -0.15) is 0 Å². The quantitative estimate of drug-likeness (QED) is 0.500. The molecule has 0 saturated carbocycles. The third kappa shape index (κ3) is 3.61. The number of fused-ring (bicyclic) bond motifs is 2. The number of amides is 1. The first-order valence-electron chi connectivity index (χ1n) is 9.85. The van der Waals surface area contributed by atoms with Crippen molar-refractivity contribution in [3.8, 4) is 0 Å². The average Bonchev–Trinajstić information content (AvgIpc) is 3.18. The van der Waals surface area contributed by atoms with Crippen molar-refractivity contribution in [1.82, 2.24) is 14.7 Å². The van der Waals surface area contributed by atoms with Crippen molar-refractivity contribution in [1.29, 1.82) is 0 Å². The fourth-order valence-electron chi connectivity index (χ4n) is 3.80. The number of nitrogens with zero attached hydrogens (tertiary/aromatic N) is 3. The molecular formula is C23H18FN5O2S. The molecule has 1 aliphatic rings. The lowest BCUT2D eigenvalue weighted by molar-refractivity contribution is 0.0984. The minimum Gasteiger partial charge on any atom is -0.384 e. The Bertz CT molecular complexity index is 1380. The van der Waals surface area contributed by atoms with Gasteiger partial charge in [0.25, 0.3) is 5.91 Å². The number of benzene rings is 2. The van der Waals surface area contributed by atoms with Crippen LogP contribution in [0.5, 0.6) is 0 Å². The number of halogens is 1. The van der Waals surface area contributed by atoms with Crippen molar-refractivity contribution >= 4 is 39.3 Å². The maximum atomic E-state index is 14.8. The molecule has 1 amide bonds. The Morgan fingerprint density at radius 3 is 2.88 bits per heavy atom. The van der Waals surface area contributed by atoms with E-state index in [2.05, 4.69) is 14.7 Å². The molecule has 3 heterocycles. The average molecular weight is 447 g/mol. The summed E-state index contributed by atoms with van der Waals surface area (Å²) in [5.41, 5.74) is 8.42. The number of anilines is 2. The molecule has 5 rings (SSSR count). The van der Waals surface area contributed by atoms with Crippen LogP contribution in [-0.2, 0) is 24.1 Å². The predicted octanol–water partition coefficient (Wildman–Crippen LogP) is 3.32. The number of carbonyl (C=O) groups excluding carboxylic acids is 1. The molecule has 0 saturated heterocycles. The Morgan fingerprint density at radius 2 is 2.06 bits per heavy atom. The molecule has 2 aromatic carbocycles. The van der Waals surface area contributed by atoms with E-state index in [4.69, 9.17) is 5.73 Å². The van der Waals surface area contributed by atoms with Gasteiger partial charge in [0.2, 0.25) is 0 Å². The number of nitrogens with one attached hydrogen (secondary N) is 1. The Balaban J connectivity index is 1.63. The number of rotatable bonds is 4. The van der Waals surface area contributed by atoms with Crippen LogP contribution in [0.4, 0.5) is 15.9 Å². The van der Waals surface area contributed by atoms with Gasteiger partial charge in [0.05, 0.1) is 28.2 Å². The summed E-state index contributed by atoms with van der Waals surface area (Å²) in [4.78, 5) is 23.8. The molecule has 0 fully saturated rings. The summed E-state index contributed by atoms with van der Waals surface area (Å²) in [5, 5.41) is 0.346. The maximum absolute atomic E-state index is 14.8. The molecule has 1 unspecified atom stereocenters. The van der Waals surface area contributed by atoms with E-state index < -0.39 is 16.8 Å². The van der Waals surface area contributed by atoms with Gasteiger partial charge in [-0.05, 0) is 53.6 Å². The van der Waals surface area contributed by atoms with Crippen molar-refractivity contribution < 1.29 is 13.4 Å². The van der Waals surface area contributed by atoms with Crippen LogP contribution in [0, 0.1) is 5.82 Å². The molecule has 0 spiro atoms. The molecule has 4 aromatic rings. The second-order valence-corrected chi connectivity index (χ2v) is 8.60. The molecule has 7 nitrogen and oxygen atoms in total. The van der Waals surface area contributed by atoms with Gasteiger partial charge in [-0.1, -0.05) is 12.1 Å². The molecule has 9 heteroatoms. The first-order chi connectivity index (χ1) is 15.5. The van der Waals surface area contributed by atoms with Gasteiger partial charge in [0, 0.05) is 24.3 Å². The van der Waals surface area contributed by atoms with Gasteiger partial charge >= 0.3 is 0 Å². The third-order valence-corrected chi connectivity index (χ3v) is 6.53. The van der Waals surface area contributed by atoms with Gasteiger partial charge in [0.1, 0.15) is 22.6 Å². The summed E-state index contributed by atoms with van der Waals surface area (Å²) < 4.78 is 30.3. The van der Waals surface area contributed by atoms with E-state index in [0.717, 1.165) is 5.56 Å². The minimum absolute atomic E-state index is 0.0463. The molecule has 1 aliphatic heterocycles. The van der Waals surface area contributed by atoms with Gasteiger partial charge in [0.15, 0.2) is 0 Å². The number of hydrogen-bond donors (Lipinski definition) is 2. The zero-order chi connectivity index (χ0) is 22.2. The Labute approximate surface area is 185 Å². The first kappa shape index (κ1) is 20.2. The van der Waals surface area contributed by atoms with Crippen LogP contribution in [0.25, 0.3) is 10.9 Å². The lowest BCUT2D eigenvalue weighted by atomic mass is 10.1. The molecular weight excluding hydrogens is 429 g/mol. The predicted molar refractivity (Wildman–Crippen MR) is 121 cm³/mol. The lowest BCUT2D eigenvalue weighted by Crippen LogP contribution is -2.31. The SMILES string of the molecule is Nc1ccc2c(F)cc(CN(C(=O)c3cccnc3)c3cccc4c3S(=O)NC4)cc2n1. The van der Waals surface area contributed by atoms with Gasteiger partial charge in [-0.25, -0.2) is 18.3 Å². The van der Waals surface area contributed by atoms with E-state index in [0.29, 0.717) is 39.2 Å². The second kappa shape index (κ2) is 8.10. The van der Waals surface area contributed by atoms with E-state index in [9.17, 15) is 13.4 Å². The molecule has 1 atom stereocenters. The number of nitrogens with two attached hydrogens (primary N) is 1. The van der Waals surface area contributed by atoms with Crippen molar-refractivity contribution in [2.45, 2.75) is 18.0 Å². The fourth-order valence-corrected chi connectivity index (χ4v) is 4.98.